The lowest BCUT2D eigenvalue weighted by molar-refractivity contribution is 0.0951. The van der Waals surface area contributed by atoms with E-state index < -0.39 is 0 Å². The smallest absolute Gasteiger partial charge is 0.253 e. The first-order chi connectivity index (χ1) is 16.3. The van der Waals surface area contributed by atoms with Crippen molar-refractivity contribution in [3.05, 3.63) is 125 Å². The van der Waals surface area contributed by atoms with E-state index in [1.807, 2.05) is 42.5 Å². The molecule has 0 spiro atoms. The fourth-order valence-corrected chi connectivity index (χ4v) is 5.42. The maximum atomic E-state index is 13.2. The van der Waals surface area contributed by atoms with Crippen LogP contribution in [0.5, 0.6) is 0 Å². The Morgan fingerprint density at radius 3 is 2.58 bits per heavy atom. The molecular formula is C30H26N2O. The number of benzene rings is 4. The van der Waals surface area contributed by atoms with Gasteiger partial charge in [0.05, 0.1) is 17.3 Å². The summed E-state index contributed by atoms with van der Waals surface area (Å²) in [6, 6.07) is 31.5. The molecular weight excluding hydrogens is 404 g/mol. The first-order valence-corrected chi connectivity index (χ1v) is 11.6. The molecule has 3 heteroatoms. The molecule has 2 N–H and O–H groups in total. The highest BCUT2D eigenvalue weighted by atomic mass is 16.1. The second-order valence-corrected chi connectivity index (χ2v) is 9.02. The van der Waals surface area contributed by atoms with Crippen LogP contribution in [0.15, 0.2) is 103 Å². The van der Waals surface area contributed by atoms with Gasteiger partial charge in [-0.05, 0) is 51.9 Å². The fourth-order valence-electron chi connectivity index (χ4n) is 5.42. The molecule has 0 aromatic heterocycles. The highest BCUT2D eigenvalue weighted by Gasteiger charge is 2.39. The summed E-state index contributed by atoms with van der Waals surface area (Å²) in [6.45, 7) is 0.517. The average molecular weight is 431 g/mol. The lowest BCUT2D eigenvalue weighted by atomic mass is 9.76. The Hall–Kier alpha value is -3.85. The number of rotatable bonds is 4. The Balaban J connectivity index is 1.35. The van der Waals surface area contributed by atoms with E-state index in [0.717, 1.165) is 17.7 Å². The van der Waals surface area contributed by atoms with Gasteiger partial charge in [0.1, 0.15) is 0 Å². The predicted octanol–water partition coefficient (Wildman–Crippen LogP) is 6.60. The third kappa shape index (κ3) is 3.60. The van der Waals surface area contributed by atoms with Crippen molar-refractivity contribution in [1.29, 1.82) is 0 Å². The van der Waals surface area contributed by atoms with Crippen molar-refractivity contribution in [2.75, 3.05) is 5.32 Å². The Labute approximate surface area is 194 Å². The molecule has 4 aromatic rings. The van der Waals surface area contributed by atoms with Crippen molar-refractivity contribution in [3.63, 3.8) is 0 Å². The number of para-hydroxylation sites is 1. The van der Waals surface area contributed by atoms with Gasteiger partial charge in [0.15, 0.2) is 0 Å². The molecule has 33 heavy (non-hydrogen) atoms. The number of anilines is 1. The largest absolute Gasteiger partial charge is 0.377 e. The standard InChI is InChI=1S/C30H26N2O/c33-30(31-19-20-8-2-1-3-9-20)27-15-7-14-26-24-12-6-13-25(24)28(32-29(26)27)23-17-16-21-10-4-5-11-22(21)18-23/h1-12,14-18,24-25,28,32H,13,19H2,(H,31,33). The zero-order chi connectivity index (χ0) is 22.2. The number of fused-ring (bicyclic) bond motifs is 4. The van der Waals surface area contributed by atoms with Crippen LogP contribution >= 0.6 is 0 Å². The third-order valence-electron chi connectivity index (χ3n) is 7.07. The maximum absolute atomic E-state index is 13.2. The maximum Gasteiger partial charge on any atom is 0.253 e. The van der Waals surface area contributed by atoms with Gasteiger partial charge in [0.2, 0.25) is 0 Å². The summed E-state index contributed by atoms with van der Waals surface area (Å²) in [5, 5.41) is 9.40. The second-order valence-electron chi connectivity index (χ2n) is 9.02. The molecule has 0 saturated heterocycles. The van der Waals surface area contributed by atoms with Gasteiger partial charge >= 0.3 is 0 Å². The van der Waals surface area contributed by atoms with E-state index in [9.17, 15) is 4.79 Å². The molecule has 1 aliphatic carbocycles. The average Bonchev–Trinajstić information content (AvgIpc) is 3.37. The number of amides is 1. The molecule has 3 atom stereocenters. The topological polar surface area (TPSA) is 41.1 Å². The van der Waals surface area contributed by atoms with Crippen molar-refractivity contribution in [3.8, 4) is 0 Å². The van der Waals surface area contributed by atoms with Crippen molar-refractivity contribution in [1.82, 2.24) is 5.32 Å². The Morgan fingerprint density at radius 1 is 0.879 bits per heavy atom. The molecule has 3 unspecified atom stereocenters. The van der Waals surface area contributed by atoms with Crippen LogP contribution in [0.3, 0.4) is 0 Å². The van der Waals surface area contributed by atoms with E-state index in [1.54, 1.807) is 0 Å². The number of hydrogen-bond donors (Lipinski definition) is 2. The second kappa shape index (κ2) is 8.25. The monoisotopic (exact) mass is 430 g/mol. The van der Waals surface area contributed by atoms with Gasteiger partial charge in [-0.2, -0.15) is 0 Å². The van der Waals surface area contributed by atoms with Crippen molar-refractivity contribution < 1.29 is 4.79 Å². The van der Waals surface area contributed by atoms with Gasteiger partial charge in [-0.3, -0.25) is 4.79 Å². The highest BCUT2D eigenvalue weighted by molar-refractivity contribution is 6.00. The zero-order valence-corrected chi connectivity index (χ0v) is 18.4. The number of carbonyl (C=O) groups excluding carboxylic acids is 1. The summed E-state index contributed by atoms with van der Waals surface area (Å²) in [6.07, 6.45) is 5.66. The normalized spacial score (nSPS) is 20.7. The molecule has 1 amide bonds. The quantitative estimate of drug-likeness (QED) is 0.358. The molecule has 0 bridgehead atoms. The van der Waals surface area contributed by atoms with Gasteiger partial charge in [-0.15, -0.1) is 0 Å². The van der Waals surface area contributed by atoms with E-state index in [4.69, 9.17) is 0 Å². The minimum absolute atomic E-state index is 0.0408. The van der Waals surface area contributed by atoms with Crippen LogP contribution in [-0.4, -0.2) is 5.91 Å². The Morgan fingerprint density at radius 2 is 1.70 bits per heavy atom. The molecule has 0 radical (unpaired) electrons. The van der Waals surface area contributed by atoms with Gasteiger partial charge < -0.3 is 10.6 Å². The van der Waals surface area contributed by atoms with E-state index >= 15 is 0 Å². The van der Waals surface area contributed by atoms with Gasteiger partial charge in [-0.25, -0.2) is 0 Å². The van der Waals surface area contributed by atoms with Crippen LogP contribution in [0, 0.1) is 5.92 Å². The molecule has 0 fully saturated rings. The van der Waals surface area contributed by atoms with Crippen LogP contribution in [0.25, 0.3) is 10.8 Å². The Kier molecular flexibility index (Phi) is 4.95. The SMILES string of the molecule is O=C(NCc1ccccc1)c1cccc2c1NC(c1ccc3ccccc3c1)C1CC=CC21. The minimum Gasteiger partial charge on any atom is -0.377 e. The summed E-state index contributed by atoms with van der Waals surface area (Å²) in [7, 11) is 0. The van der Waals surface area contributed by atoms with Crippen molar-refractivity contribution in [2.45, 2.75) is 24.9 Å². The lowest BCUT2D eigenvalue weighted by Crippen LogP contribution is -2.32. The minimum atomic E-state index is -0.0408. The number of carbonyl (C=O) groups is 1. The molecule has 1 heterocycles. The molecule has 4 aromatic carbocycles. The Bertz CT molecular complexity index is 1360. The van der Waals surface area contributed by atoms with Crippen LogP contribution in [0.1, 0.15) is 45.4 Å². The van der Waals surface area contributed by atoms with Gasteiger partial charge in [-0.1, -0.05) is 91.0 Å². The van der Waals surface area contributed by atoms with Crippen LogP contribution in [0.4, 0.5) is 5.69 Å². The highest BCUT2D eigenvalue weighted by Crippen LogP contribution is 2.50. The van der Waals surface area contributed by atoms with E-state index in [1.165, 1.54) is 21.9 Å². The zero-order valence-electron chi connectivity index (χ0n) is 18.4. The number of hydrogen-bond acceptors (Lipinski definition) is 2. The molecule has 6 rings (SSSR count). The summed E-state index contributed by atoms with van der Waals surface area (Å²) < 4.78 is 0. The summed E-state index contributed by atoms with van der Waals surface area (Å²) in [5.41, 5.74) is 5.27. The van der Waals surface area contributed by atoms with Crippen molar-refractivity contribution >= 4 is 22.4 Å². The fraction of sp³-hybridized carbons (Fsp3) is 0.167. The predicted molar refractivity (Wildman–Crippen MR) is 134 cm³/mol. The molecule has 2 aliphatic rings. The van der Waals surface area contributed by atoms with E-state index in [-0.39, 0.29) is 11.9 Å². The molecule has 3 nitrogen and oxygen atoms in total. The number of nitrogens with one attached hydrogen (secondary N) is 2. The van der Waals surface area contributed by atoms with Gasteiger partial charge in [0, 0.05) is 12.5 Å². The summed E-state index contributed by atoms with van der Waals surface area (Å²) >= 11 is 0. The first kappa shape index (κ1) is 19.8. The molecule has 0 saturated carbocycles. The van der Waals surface area contributed by atoms with Crippen LogP contribution in [0.2, 0.25) is 0 Å². The summed E-state index contributed by atoms with van der Waals surface area (Å²) in [4.78, 5) is 13.2. The third-order valence-corrected chi connectivity index (χ3v) is 7.07. The lowest BCUT2D eigenvalue weighted by Gasteiger charge is -2.38. The van der Waals surface area contributed by atoms with E-state index in [0.29, 0.717) is 23.9 Å². The van der Waals surface area contributed by atoms with E-state index in [2.05, 4.69) is 71.3 Å². The van der Waals surface area contributed by atoms with Crippen molar-refractivity contribution in [2.24, 2.45) is 5.92 Å². The van der Waals surface area contributed by atoms with Crippen LogP contribution in [-0.2, 0) is 6.54 Å². The molecule has 162 valence electrons. The summed E-state index contributed by atoms with van der Waals surface area (Å²) in [5.74, 6) is 0.724. The van der Waals surface area contributed by atoms with Gasteiger partial charge in [0.25, 0.3) is 5.91 Å². The first-order valence-electron chi connectivity index (χ1n) is 11.6. The number of allylic oxidation sites excluding steroid dienone is 2. The van der Waals surface area contributed by atoms with Crippen LogP contribution < -0.4 is 10.6 Å². The molecule has 1 aliphatic heterocycles.